The van der Waals surface area contributed by atoms with Crippen molar-refractivity contribution in [2.75, 3.05) is 24.6 Å². The second-order valence-electron chi connectivity index (χ2n) is 6.04. The summed E-state index contributed by atoms with van der Waals surface area (Å²) in [5.41, 5.74) is 1.00. The maximum atomic E-state index is 12.9. The molecule has 1 aliphatic rings. The van der Waals surface area contributed by atoms with Gasteiger partial charge in [-0.25, -0.2) is 4.98 Å². The van der Waals surface area contributed by atoms with Crippen LogP contribution < -0.4 is 10.2 Å². The molecule has 1 saturated heterocycles. The summed E-state index contributed by atoms with van der Waals surface area (Å²) in [5, 5.41) is 3.15. The smallest absolute Gasteiger partial charge is 0.260 e. The van der Waals surface area contributed by atoms with Gasteiger partial charge in [-0.3, -0.25) is 14.5 Å². The molecule has 1 unspecified atom stereocenters. The maximum absolute atomic E-state index is 12.9. The number of rotatable bonds is 6. The van der Waals surface area contributed by atoms with E-state index in [0.29, 0.717) is 22.9 Å². The lowest BCUT2D eigenvalue weighted by molar-refractivity contribution is -0.120. The number of carbonyl (C=O) groups excluding carboxylic acids is 2. The molecule has 0 radical (unpaired) electrons. The Labute approximate surface area is 157 Å². The predicted octanol–water partition coefficient (Wildman–Crippen LogP) is 2.68. The highest BCUT2D eigenvalue weighted by atomic mass is 35.5. The molecule has 3 rings (SSSR count). The van der Waals surface area contributed by atoms with Crippen molar-refractivity contribution in [3.8, 4) is 0 Å². The fourth-order valence-corrected chi connectivity index (χ4v) is 2.89. The molecule has 6 nitrogen and oxygen atoms in total. The molecular formula is C19H20ClN3O3. The highest BCUT2D eigenvalue weighted by Gasteiger charge is 2.22. The number of ether oxygens (including phenoxy) is 1. The Kier molecular flexibility index (Phi) is 6.20. The van der Waals surface area contributed by atoms with Gasteiger partial charge in [0.15, 0.2) is 0 Å². The van der Waals surface area contributed by atoms with E-state index in [1.165, 1.54) is 11.1 Å². The topological polar surface area (TPSA) is 71.5 Å². The number of para-hydroxylation sites is 1. The zero-order valence-corrected chi connectivity index (χ0v) is 15.0. The third-order valence-electron chi connectivity index (χ3n) is 4.14. The van der Waals surface area contributed by atoms with Gasteiger partial charge in [0.1, 0.15) is 11.7 Å². The highest BCUT2D eigenvalue weighted by Crippen LogP contribution is 2.17. The molecule has 2 aromatic rings. The molecule has 1 N–H and O–H groups in total. The Morgan fingerprint density at radius 1 is 1.23 bits per heavy atom. The van der Waals surface area contributed by atoms with Gasteiger partial charge in [0, 0.05) is 25.0 Å². The van der Waals surface area contributed by atoms with Crippen LogP contribution >= 0.6 is 11.6 Å². The van der Waals surface area contributed by atoms with E-state index in [-0.39, 0.29) is 24.5 Å². The Morgan fingerprint density at radius 3 is 2.69 bits per heavy atom. The van der Waals surface area contributed by atoms with Gasteiger partial charge in [-0.15, -0.1) is 0 Å². The quantitative estimate of drug-likeness (QED) is 0.790. The Balaban J connectivity index is 1.71. The van der Waals surface area contributed by atoms with Crippen LogP contribution in [-0.2, 0) is 9.53 Å². The second kappa shape index (κ2) is 8.78. The van der Waals surface area contributed by atoms with Crippen LogP contribution in [0.2, 0.25) is 5.15 Å². The molecule has 1 aliphatic heterocycles. The van der Waals surface area contributed by atoms with Gasteiger partial charge < -0.3 is 10.1 Å². The zero-order valence-electron chi connectivity index (χ0n) is 14.2. The molecule has 0 spiro atoms. The largest absolute Gasteiger partial charge is 0.376 e. The van der Waals surface area contributed by atoms with Crippen molar-refractivity contribution >= 4 is 29.1 Å². The first-order valence-corrected chi connectivity index (χ1v) is 8.88. The second-order valence-corrected chi connectivity index (χ2v) is 6.42. The number of anilines is 1. The molecule has 7 heteroatoms. The first kappa shape index (κ1) is 18.4. The summed E-state index contributed by atoms with van der Waals surface area (Å²) in [5.74, 6) is -0.549. The predicted molar refractivity (Wildman–Crippen MR) is 99.3 cm³/mol. The van der Waals surface area contributed by atoms with Crippen LogP contribution in [0.3, 0.4) is 0 Å². The molecule has 1 aromatic carbocycles. The monoisotopic (exact) mass is 373 g/mol. The normalized spacial score (nSPS) is 16.3. The highest BCUT2D eigenvalue weighted by molar-refractivity contribution is 6.29. The molecule has 26 heavy (non-hydrogen) atoms. The molecule has 136 valence electrons. The zero-order chi connectivity index (χ0) is 18.4. The lowest BCUT2D eigenvalue weighted by Crippen LogP contribution is -2.43. The molecule has 2 heterocycles. The van der Waals surface area contributed by atoms with E-state index in [9.17, 15) is 9.59 Å². The average Bonchev–Trinajstić information content (AvgIpc) is 3.19. The van der Waals surface area contributed by atoms with Gasteiger partial charge in [-0.05, 0) is 37.1 Å². The van der Waals surface area contributed by atoms with E-state index < -0.39 is 0 Å². The fourth-order valence-electron chi connectivity index (χ4n) is 2.78. The maximum Gasteiger partial charge on any atom is 0.260 e. The number of benzene rings is 1. The van der Waals surface area contributed by atoms with Crippen molar-refractivity contribution in [3.63, 3.8) is 0 Å². The number of pyridine rings is 1. The summed E-state index contributed by atoms with van der Waals surface area (Å²) in [6.45, 7) is 1.11. The van der Waals surface area contributed by atoms with Crippen LogP contribution in [0.5, 0.6) is 0 Å². The SMILES string of the molecule is O=C(CN(C(=O)c1ccc(Cl)nc1)c1ccccc1)NCC1CCCO1. The van der Waals surface area contributed by atoms with Gasteiger partial charge >= 0.3 is 0 Å². The van der Waals surface area contributed by atoms with Gasteiger partial charge in [0.2, 0.25) is 5.91 Å². The van der Waals surface area contributed by atoms with Crippen LogP contribution in [0, 0.1) is 0 Å². The molecule has 0 saturated carbocycles. The standard InChI is InChI=1S/C19H20ClN3O3/c20-17-9-8-14(11-21-17)19(25)23(15-5-2-1-3-6-15)13-18(24)22-12-16-7-4-10-26-16/h1-3,5-6,8-9,11,16H,4,7,10,12-13H2,(H,22,24). The molecule has 0 aliphatic carbocycles. The fraction of sp³-hybridized carbons (Fsp3) is 0.316. The summed E-state index contributed by atoms with van der Waals surface area (Å²) in [4.78, 5) is 30.6. The molecular weight excluding hydrogens is 354 g/mol. The van der Waals surface area contributed by atoms with Crippen molar-refractivity contribution in [2.45, 2.75) is 18.9 Å². The van der Waals surface area contributed by atoms with Crippen molar-refractivity contribution in [1.82, 2.24) is 10.3 Å². The van der Waals surface area contributed by atoms with E-state index >= 15 is 0 Å². The average molecular weight is 374 g/mol. The number of halogens is 1. The minimum absolute atomic E-state index is 0.0558. The number of hydrogen-bond donors (Lipinski definition) is 1. The summed E-state index contributed by atoms with van der Waals surface area (Å²) < 4.78 is 5.50. The molecule has 2 amide bonds. The summed E-state index contributed by atoms with van der Waals surface area (Å²) in [6.07, 6.45) is 3.42. The van der Waals surface area contributed by atoms with Crippen molar-refractivity contribution in [1.29, 1.82) is 0 Å². The Hall–Kier alpha value is -2.44. The van der Waals surface area contributed by atoms with E-state index in [4.69, 9.17) is 16.3 Å². The van der Waals surface area contributed by atoms with Crippen molar-refractivity contribution in [2.24, 2.45) is 0 Å². The van der Waals surface area contributed by atoms with Crippen LogP contribution in [0.15, 0.2) is 48.7 Å². The molecule has 1 fully saturated rings. The number of nitrogens with one attached hydrogen (secondary N) is 1. The molecule has 0 bridgehead atoms. The third kappa shape index (κ3) is 4.80. The minimum Gasteiger partial charge on any atom is -0.376 e. The first-order valence-electron chi connectivity index (χ1n) is 8.50. The Morgan fingerprint density at radius 2 is 2.04 bits per heavy atom. The lowest BCUT2D eigenvalue weighted by atomic mass is 10.2. The van der Waals surface area contributed by atoms with Gasteiger partial charge in [-0.1, -0.05) is 29.8 Å². The van der Waals surface area contributed by atoms with E-state index in [2.05, 4.69) is 10.3 Å². The number of aromatic nitrogens is 1. The number of hydrogen-bond acceptors (Lipinski definition) is 4. The Bertz CT molecular complexity index is 746. The number of amides is 2. The van der Waals surface area contributed by atoms with Gasteiger partial charge in [-0.2, -0.15) is 0 Å². The van der Waals surface area contributed by atoms with Crippen LogP contribution in [0.1, 0.15) is 23.2 Å². The van der Waals surface area contributed by atoms with Crippen molar-refractivity contribution in [3.05, 3.63) is 59.4 Å². The van der Waals surface area contributed by atoms with Crippen LogP contribution in [-0.4, -0.2) is 42.6 Å². The van der Waals surface area contributed by atoms with Crippen molar-refractivity contribution < 1.29 is 14.3 Å². The van der Waals surface area contributed by atoms with Crippen LogP contribution in [0.25, 0.3) is 0 Å². The van der Waals surface area contributed by atoms with E-state index in [1.807, 2.05) is 18.2 Å². The van der Waals surface area contributed by atoms with E-state index in [0.717, 1.165) is 19.4 Å². The van der Waals surface area contributed by atoms with E-state index in [1.54, 1.807) is 24.3 Å². The van der Waals surface area contributed by atoms with Gasteiger partial charge in [0.25, 0.3) is 5.91 Å². The first-order chi connectivity index (χ1) is 12.6. The summed E-state index contributed by atoms with van der Waals surface area (Å²) in [7, 11) is 0. The third-order valence-corrected chi connectivity index (χ3v) is 4.36. The molecule has 1 aromatic heterocycles. The lowest BCUT2D eigenvalue weighted by Gasteiger charge is -2.23. The van der Waals surface area contributed by atoms with Crippen LogP contribution in [0.4, 0.5) is 5.69 Å². The molecule has 1 atom stereocenters. The van der Waals surface area contributed by atoms with Gasteiger partial charge in [0.05, 0.1) is 11.7 Å². The summed E-state index contributed by atoms with van der Waals surface area (Å²) >= 11 is 5.79. The number of carbonyl (C=O) groups is 2. The minimum atomic E-state index is -0.312. The summed E-state index contributed by atoms with van der Waals surface area (Å²) in [6, 6.07) is 12.2. The number of nitrogens with zero attached hydrogens (tertiary/aromatic N) is 2.